The smallest absolute Gasteiger partial charge is 0.334 e. The van der Waals surface area contributed by atoms with Crippen molar-refractivity contribution < 1.29 is 9.53 Å². The number of carbonyl (C=O) groups excluding carboxylic acids is 1. The highest BCUT2D eigenvalue weighted by Crippen LogP contribution is 2.15. The molecule has 0 bridgehead atoms. The molecule has 0 saturated carbocycles. The maximum Gasteiger partial charge on any atom is 0.334 e. The molecule has 23 heavy (non-hydrogen) atoms. The van der Waals surface area contributed by atoms with Crippen molar-refractivity contribution in [2.45, 2.75) is 6.10 Å². The Balaban J connectivity index is 1.61. The van der Waals surface area contributed by atoms with Gasteiger partial charge in [0.2, 0.25) is 0 Å². The van der Waals surface area contributed by atoms with Crippen molar-refractivity contribution in [3.8, 4) is 0 Å². The molecule has 0 saturated heterocycles. The molecule has 1 heterocycles. The lowest BCUT2D eigenvalue weighted by molar-refractivity contribution is 0.104. The Morgan fingerprint density at radius 1 is 1.17 bits per heavy atom. The van der Waals surface area contributed by atoms with Gasteiger partial charge >= 0.3 is 6.03 Å². The van der Waals surface area contributed by atoms with Crippen LogP contribution in [0.25, 0.3) is 11.0 Å². The lowest BCUT2D eigenvalue weighted by atomic mass is 10.1. The molecule has 118 valence electrons. The van der Waals surface area contributed by atoms with Gasteiger partial charge in [-0.1, -0.05) is 42.5 Å². The van der Waals surface area contributed by atoms with Crippen molar-refractivity contribution >= 4 is 17.1 Å². The van der Waals surface area contributed by atoms with Gasteiger partial charge in [-0.15, -0.1) is 0 Å². The average Bonchev–Trinajstić information content (AvgIpc) is 2.99. The van der Waals surface area contributed by atoms with Crippen LogP contribution in [-0.2, 0) is 4.74 Å². The zero-order valence-electron chi connectivity index (χ0n) is 12.8. The summed E-state index contributed by atoms with van der Waals surface area (Å²) in [5.41, 5.74) is 5.43. The van der Waals surface area contributed by atoms with Crippen LogP contribution in [0.5, 0.6) is 0 Å². The van der Waals surface area contributed by atoms with Gasteiger partial charge < -0.3 is 10.1 Å². The van der Waals surface area contributed by atoms with Crippen molar-refractivity contribution in [2.24, 2.45) is 0 Å². The number of imidazole rings is 1. The number of para-hydroxylation sites is 2. The maximum absolute atomic E-state index is 12.1. The molecule has 0 aliphatic heterocycles. The van der Waals surface area contributed by atoms with E-state index in [4.69, 9.17) is 4.74 Å². The number of benzene rings is 2. The molecule has 3 rings (SSSR count). The van der Waals surface area contributed by atoms with Gasteiger partial charge in [0.25, 0.3) is 0 Å². The second-order valence-electron chi connectivity index (χ2n) is 5.06. The first-order valence-electron chi connectivity index (χ1n) is 7.32. The molecule has 1 unspecified atom stereocenters. The third-order valence-electron chi connectivity index (χ3n) is 3.58. The fourth-order valence-electron chi connectivity index (χ4n) is 2.39. The molecule has 2 amide bonds. The summed E-state index contributed by atoms with van der Waals surface area (Å²) in [6.07, 6.45) is 1.39. The molecule has 0 radical (unpaired) electrons. The van der Waals surface area contributed by atoms with Crippen LogP contribution in [0.3, 0.4) is 0 Å². The minimum Gasteiger partial charge on any atom is -0.375 e. The van der Waals surface area contributed by atoms with E-state index in [1.807, 2.05) is 54.6 Å². The zero-order chi connectivity index (χ0) is 16.1. The second-order valence-corrected chi connectivity index (χ2v) is 5.06. The molecule has 0 fully saturated rings. The van der Waals surface area contributed by atoms with Gasteiger partial charge in [-0.2, -0.15) is 0 Å². The van der Waals surface area contributed by atoms with Gasteiger partial charge in [-0.05, 0) is 17.7 Å². The number of aromatic nitrogens is 2. The van der Waals surface area contributed by atoms with Gasteiger partial charge in [0.05, 0.1) is 17.1 Å². The van der Waals surface area contributed by atoms with E-state index in [0.29, 0.717) is 6.54 Å². The van der Waals surface area contributed by atoms with Crippen molar-refractivity contribution in [1.29, 1.82) is 0 Å². The number of fused-ring (bicyclic) bond motifs is 1. The molecule has 3 aromatic rings. The summed E-state index contributed by atoms with van der Waals surface area (Å²) in [6.45, 7) is 0.374. The van der Waals surface area contributed by atoms with Gasteiger partial charge in [-0.25, -0.2) is 19.9 Å². The summed E-state index contributed by atoms with van der Waals surface area (Å²) >= 11 is 0. The molecular weight excluding hydrogens is 292 g/mol. The summed E-state index contributed by atoms with van der Waals surface area (Å²) in [5, 5.41) is 2.81. The first-order chi connectivity index (χ1) is 11.3. The van der Waals surface area contributed by atoms with Crippen molar-refractivity contribution in [2.75, 3.05) is 19.1 Å². The largest absolute Gasteiger partial charge is 0.375 e. The van der Waals surface area contributed by atoms with Gasteiger partial charge in [0, 0.05) is 13.7 Å². The van der Waals surface area contributed by atoms with E-state index in [1.165, 1.54) is 0 Å². The fourth-order valence-corrected chi connectivity index (χ4v) is 2.39. The van der Waals surface area contributed by atoms with E-state index in [2.05, 4.69) is 15.7 Å². The fraction of sp³-hybridized carbons (Fsp3) is 0.176. The van der Waals surface area contributed by atoms with Crippen LogP contribution in [0.4, 0.5) is 4.79 Å². The number of ether oxygens (including phenoxy) is 1. The molecule has 1 atom stereocenters. The SMILES string of the molecule is COC(CNC(=O)Nn1cnc2ccccc21)c1ccccc1. The first kappa shape index (κ1) is 15.1. The number of rotatable bonds is 5. The molecule has 2 aromatic carbocycles. The van der Waals surface area contributed by atoms with Crippen molar-refractivity contribution in [1.82, 2.24) is 15.0 Å². The predicted molar refractivity (Wildman–Crippen MR) is 88.7 cm³/mol. The highest BCUT2D eigenvalue weighted by Gasteiger charge is 2.12. The second kappa shape index (κ2) is 6.93. The minimum absolute atomic E-state index is 0.193. The maximum atomic E-state index is 12.1. The van der Waals surface area contributed by atoms with Crippen LogP contribution in [0.15, 0.2) is 60.9 Å². The molecular formula is C17H18N4O2. The summed E-state index contributed by atoms with van der Waals surface area (Å²) in [5.74, 6) is 0. The summed E-state index contributed by atoms with van der Waals surface area (Å²) < 4.78 is 7.02. The van der Waals surface area contributed by atoms with Gasteiger partial charge in [-0.3, -0.25) is 0 Å². The summed E-state index contributed by atoms with van der Waals surface area (Å²) in [4.78, 5) is 16.3. The highest BCUT2D eigenvalue weighted by molar-refractivity contribution is 5.85. The van der Waals surface area contributed by atoms with Crippen LogP contribution in [0.2, 0.25) is 0 Å². The number of hydrogen-bond donors (Lipinski definition) is 2. The van der Waals surface area contributed by atoms with E-state index in [9.17, 15) is 4.79 Å². The highest BCUT2D eigenvalue weighted by atomic mass is 16.5. The number of carbonyl (C=O) groups is 1. The quantitative estimate of drug-likeness (QED) is 0.761. The van der Waals surface area contributed by atoms with Crippen LogP contribution < -0.4 is 10.7 Å². The number of nitrogens with one attached hydrogen (secondary N) is 2. The van der Waals surface area contributed by atoms with Gasteiger partial charge in [0.15, 0.2) is 0 Å². The number of amides is 2. The molecule has 6 nitrogen and oxygen atoms in total. The average molecular weight is 310 g/mol. The molecule has 1 aromatic heterocycles. The Bertz CT molecular complexity index is 785. The van der Waals surface area contributed by atoms with Gasteiger partial charge in [0.1, 0.15) is 6.33 Å². The predicted octanol–water partition coefficient (Wildman–Crippen LogP) is 2.68. The molecule has 2 N–H and O–H groups in total. The van der Waals surface area contributed by atoms with Crippen molar-refractivity contribution in [3.63, 3.8) is 0 Å². The number of hydrogen-bond acceptors (Lipinski definition) is 3. The summed E-state index contributed by atoms with van der Waals surface area (Å²) in [6, 6.07) is 17.0. The van der Waals surface area contributed by atoms with E-state index in [1.54, 1.807) is 18.1 Å². The molecule has 0 aliphatic rings. The lowest BCUT2D eigenvalue weighted by Crippen LogP contribution is -2.36. The normalized spacial score (nSPS) is 12.0. The van der Waals surface area contributed by atoms with E-state index in [0.717, 1.165) is 16.6 Å². The number of methoxy groups -OCH3 is 1. The monoisotopic (exact) mass is 310 g/mol. The zero-order valence-corrected chi connectivity index (χ0v) is 12.8. The lowest BCUT2D eigenvalue weighted by Gasteiger charge is -2.17. The Kier molecular flexibility index (Phi) is 4.54. The Morgan fingerprint density at radius 2 is 1.91 bits per heavy atom. The third-order valence-corrected chi connectivity index (χ3v) is 3.58. The van der Waals surface area contributed by atoms with Crippen LogP contribution >= 0.6 is 0 Å². The molecule has 6 heteroatoms. The van der Waals surface area contributed by atoms with E-state index in [-0.39, 0.29) is 12.1 Å². The topological polar surface area (TPSA) is 68.2 Å². The molecule has 0 spiro atoms. The van der Waals surface area contributed by atoms with E-state index < -0.39 is 0 Å². The number of nitrogens with zero attached hydrogens (tertiary/aromatic N) is 2. The summed E-state index contributed by atoms with van der Waals surface area (Å²) in [7, 11) is 1.63. The Morgan fingerprint density at radius 3 is 2.70 bits per heavy atom. The number of urea groups is 1. The minimum atomic E-state index is -0.314. The molecule has 0 aliphatic carbocycles. The third kappa shape index (κ3) is 3.49. The standard InChI is InChI=1S/C17H18N4O2/c1-23-16(13-7-3-2-4-8-13)11-18-17(22)20-21-12-19-14-9-5-6-10-15(14)21/h2-10,12,16H,11H2,1H3,(H2,18,20,22). The van der Waals surface area contributed by atoms with Crippen LogP contribution in [0.1, 0.15) is 11.7 Å². The van der Waals surface area contributed by atoms with E-state index >= 15 is 0 Å². The van der Waals surface area contributed by atoms with Crippen LogP contribution in [0, 0.1) is 0 Å². The Hall–Kier alpha value is -2.86. The van der Waals surface area contributed by atoms with Crippen LogP contribution in [-0.4, -0.2) is 29.3 Å². The first-order valence-corrected chi connectivity index (χ1v) is 7.32. The Labute approximate surface area is 134 Å². The van der Waals surface area contributed by atoms with Crippen molar-refractivity contribution in [3.05, 3.63) is 66.5 Å².